The van der Waals surface area contributed by atoms with E-state index in [0.717, 1.165) is 6.92 Å². The first-order valence-corrected chi connectivity index (χ1v) is 22.5. The Hall–Kier alpha value is -5.45. The molecule has 3 unspecified atom stereocenters. The van der Waals surface area contributed by atoms with Gasteiger partial charge in [-0.25, -0.2) is 9.59 Å². The van der Waals surface area contributed by atoms with Crippen LogP contribution in [0.4, 0.5) is 0 Å². The standard InChI is InChI=1S/C50H59NO18/c1-26-31(66-45(61)38(55)36(28-16-10-7-11-17-28)51-42(57)29-18-12-8-13-19-29)23-50(62)41(68-44(60)30-20-14-9-15-21-30)39-48(5,40(56)37(54)35(26)47(50,3)4)32(22-33-49(39,25-65-33)69-27(2)52)67-46(43(58)59)64-24-34(53)63-6/h7-21,31-34,36-39,41,43,46,53-55,58-59,62H,22-25H2,1-6H3,(H,51,57)/t31-,32-,33+,34?,36-,37+,38+,39?,41?,46-,48+,49-,50+/m0/s1. The Bertz CT molecular complexity index is 2400. The average Bonchev–Trinajstić information content (AvgIpc) is 3.32. The zero-order chi connectivity index (χ0) is 50.2. The minimum atomic E-state index is -2.50. The number of fused-ring (bicyclic) bond motifs is 5. The predicted octanol–water partition coefficient (Wildman–Crippen LogP) is 1.81. The lowest BCUT2D eigenvalue weighted by Gasteiger charge is -2.67. The van der Waals surface area contributed by atoms with Crippen molar-refractivity contribution in [1.29, 1.82) is 0 Å². The minimum Gasteiger partial charge on any atom is -0.456 e. The summed E-state index contributed by atoms with van der Waals surface area (Å²) in [6.45, 7) is 5.87. The van der Waals surface area contributed by atoms with E-state index >= 15 is 4.79 Å². The molecule has 1 heterocycles. The summed E-state index contributed by atoms with van der Waals surface area (Å²) in [5.41, 5.74) is -7.88. The number of ketones is 1. The number of carbonyl (C=O) groups excluding carboxylic acids is 5. The van der Waals surface area contributed by atoms with Gasteiger partial charge in [0.05, 0.1) is 35.6 Å². The summed E-state index contributed by atoms with van der Waals surface area (Å²) in [7, 11) is 1.17. The number of ether oxygens (including phenoxy) is 7. The molecule has 7 rings (SSSR count). The first-order chi connectivity index (χ1) is 32.6. The van der Waals surface area contributed by atoms with Gasteiger partial charge in [0.2, 0.25) is 12.6 Å². The number of nitrogens with one attached hydrogen (secondary N) is 1. The molecule has 1 aliphatic heterocycles. The molecule has 1 saturated heterocycles. The fourth-order valence-electron chi connectivity index (χ4n) is 10.7. The molecule has 2 saturated carbocycles. The topological polar surface area (TPSA) is 283 Å². The second kappa shape index (κ2) is 20.1. The highest BCUT2D eigenvalue weighted by molar-refractivity contribution is 5.95. The van der Waals surface area contributed by atoms with Crippen LogP contribution in [0.15, 0.2) is 102 Å². The number of aliphatic hydroxyl groups is 6. The van der Waals surface area contributed by atoms with Crippen LogP contribution in [0.1, 0.15) is 79.8 Å². The van der Waals surface area contributed by atoms with Crippen LogP contribution in [0.2, 0.25) is 0 Å². The van der Waals surface area contributed by atoms with E-state index in [4.69, 9.17) is 33.2 Å². The second-order valence-corrected chi connectivity index (χ2v) is 18.7. The number of hydrogen-bond acceptors (Lipinski definition) is 18. The first kappa shape index (κ1) is 51.4. The SMILES string of the molecule is COC(O)CO[C@@H](O[C@H]1C[C@H]2OC[C@@]2(OC(C)=O)C2C(OC(=O)c3ccccc3)[C@]3(O)C[C@H](OC(=O)[C@H](O)[C@@H](NC(=O)c4ccccc4)c4ccccc4)C(C)=C([C@@H](O)C(=O)[C@@]21C)C3(C)C)C(O)O. The van der Waals surface area contributed by atoms with Gasteiger partial charge in [0.25, 0.3) is 5.91 Å². The maximum atomic E-state index is 15.7. The zero-order valence-corrected chi connectivity index (χ0v) is 38.9. The maximum Gasteiger partial charge on any atom is 0.338 e. The number of aliphatic hydroxyl groups excluding tert-OH is 4. The van der Waals surface area contributed by atoms with Crippen LogP contribution < -0.4 is 5.32 Å². The summed E-state index contributed by atoms with van der Waals surface area (Å²) in [4.78, 5) is 71.3. The number of rotatable bonds is 16. The normalized spacial score (nSPS) is 31.0. The van der Waals surface area contributed by atoms with Crippen molar-refractivity contribution < 1.29 is 87.8 Å². The van der Waals surface area contributed by atoms with Gasteiger partial charge in [0.15, 0.2) is 23.8 Å². The molecule has 7 N–H and O–H groups in total. The summed E-state index contributed by atoms with van der Waals surface area (Å²) < 4.78 is 41.2. The molecule has 1 amide bonds. The molecule has 2 bridgehead atoms. The van der Waals surface area contributed by atoms with Crippen molar-refractivity contribution in [3.8, 4) is 0 Å². The van der Waals surface area contributed by atoms with Crippen LogP contribution in [0.5, 0.6) is 0 Å². The van der Waals surface area contributed by atoms with E-state index < -0.39 is 139 Å². The number of esters is 3. The number of hydrogen-bond donors (Lipinski definition) is 7. The largest absolute Gasteiger partial charge is 0.456 e. The third-order valence-corrected chi connectivity index (χ3v) is 14.4. The van der Waals surface area contributed by atoms with Crippen molar-refractivity contribution in [2.24, 2.45) is 16.7 Å². The summed E-state index contributed by atoms with van der Waals surface area (Å²) >= 11 is 0. The highest BCUT2D eigenvalue weighted by Gasteiger charge is 2.78. The summed E-state index contributed by atoms with van der Waals surface area (Å²) in [5, 5.41) is 72.0. The summed E-state index contributed by atoms with van der Waals surface area (Å²) in [6.07, 6.45) is -17.4. The van der Waals surface area contributed by atoms with Crippen LogP contribution in [0.25, 0.3) is 0 Å². The molecule has 372 valence electrons. The van der Waals surface area contributed by atoms with E-state index in [-0.39, 0.29) is 28.7 Å². The Morgan fingerprint density at radius 2 is 1.46 bits per heavy atom. The number of benzene rings is 3. The Labute approximate surface area is 397 Å². The third kappa shape index (κ3) is 9.36. The molecule has 0 aromatic heterocycles. The van der Waals surface area contributed by atoms with Gasteiger partial charge in [0, 0.05) is 37.9 Å². The molecule has 3 aromatic rings. The lowest BCUT2D eigenvalue weighted by molar-refractivity contribution is -0.367. The predicted molar refractivity (Wildman–Crippen MR) is 238 cm³/mol. The molecule has 0 radical (unpaired) electrons. The van der Waals surface area contributed by atoms with Crippen molar-refractivity contribution in [3.05, 3.63) is 119 Å². The number of amides is 1. The van der Waals surface area contributed by atoms with Gasteiger partial charge < -0.3 is 69.1 Å². The number of methoxy groups -OCH3 is 1. The maximum absolute atomic E-state index is 15.7. The fourth-order valence-corrected chi connectivity index (χ4v) is 10.7. The smallest absolute Gasteiger partial charge is 0.338 e. The quantitative estimate of drug-likeness (QED) is 0.0466. The fraction of sp³-hybridized carbons (Fsp3) is 0.500. The monoisotopic (exact) mass is 961 g/mol. The van der Waals surface area contributed by atoms with E-state index in [1.807, 2.05) is 0 Å². The van der Waals surface area contributed by atoms with E-state index in [9.17, 15) is 49.8 Å². The molecule has 19 heteroatoms. The number of carbonyl (C=O) groups is 5. The van der Waals surface area contributed by atoms with Crippen molar-refractivity contribution in [3.63, 3.8) is 0 Å². The van der Waals surface area contributed by atoms with Crippen LogP contribution in [0.3, 0.4) is 0 Å². The summed E-state index contributed by atoms with van der Waals surface area (Å²) in [6, 6.07) is 22.6. The Morgan fingerprint density at radius 3 is 2.01 bits per heavy atom. The molecule has 3 aliphatic carbocycles. The molecular weight excluding hydrogens is 903 g/mol. The highest BCUT2D eigenvalue weighted by atomic mass is 16.7. The van der Waals surface area contributed by atoms with Crippen LogP contribution >= 0.6 is 0 Å². The van der Waals surface area contributed by atoms with Gasteiger partial charge in [-0.1, -0.05) is 80.6 Å². The Kier molecular flexibility index (Phi) is 15.0. The Balaban J connectivity index is 1.38. The van der Waals surface area contributed by atoms with Gasteiger partial charge in [-0.05, 0) is 54.8 Å². The van der Waals surface area contributed by atoms with Crippen molar-refractivity contribution in [1.82, 2.24) is 5.32 Å². The molecule has 13 atom stereocenters. The lowest BCUT2D eigenvalue weighted by Crippen LogP contribution is -2.82. The van der Waals surface area contributed by atoms with Gasteiger partial charge in [-0.2, -0.15) is 0 Å². The Morgan fingerprint density at radius 1 is 0.870 bits per heavy atom. The molecule has 19 nitrogen and oxygen atoms in total. The number of Topliss-reactive ketones (excluding diaryl/α,β-unsaturated/α-hetero) is 1. The van der Waals surface area contributed by atoms with Crippen LogP contribution in [-0.4, -0.2) is 147 Å². The van der Waals surface area contributed by atoms with E-state index in [2.05, 4.69) is 5.32 Å². The van der Waals surface area contributed by atoms with Gasteiger partial charge in [-0.3, -0.25) is 14.4 Å². The van der Waals surface area contributed by atoms with Gasteiger partial charge in [-0.15, -0.1) is 0 Å². The van der Waals surface area contributed by atoms with Gasteiger partial charge >= 0.3 is 17.9 Å². The lowest BCUT2D eigenvalue weighted by atomic mass is 9.44. The zero-order valence-electron chi connectivity index (χ0n) is 38.9. The average molecular weight is 962 g/mol. The van der Waals surface area contributed by atoms with E-state index in [1.165, 1.54) is 46.9 Å². The molecule has 3 fully saturated rings. The third-order valence-electron chi connectivity index (χ3n) is 14.4. The van der Waals surface area contributed by atoms with Gasteiger partial charge in [0.1, 0.15) is 36.6 Å². The van der Waals surface area contributed by atoms with Crippen molar-refractivity contribution in [2.75, 3.05) is 20.3 Å². The minimum absolute atomic E-state index is 0.00696. The first-order valence-electron chi connectivity index (χ1n) is 22.5. The van der Waals surface area contributed by atoms with E-state index in [0.29, 0.717) is 5.56 Å². The molecule has 3 aromatic carbocycles. The summed E-state index contributed by atoms with van der Waals surface area (Å²) in [5.74, 6) is -6.48. The second-order valence-electron chi connectivity index (χ2n) is 18.7. The van der Waals surface area contributed by atoms with E-state index in [1.54, 1.807) is 78.9 Å². The molecule has 69 heavy (non-hydrogen) atoms. The van der Waals surface area contributed by atoms with Crippen LogP contribution in [0, 0.1) is 16.7 Å². The molecule has 0 spiro atoms. The van der Waals surface area contributed by atoms with Crippen LogP contribution in [-0.2, 0) is 47.5 Å². The highest BCUT2D eigenvalue weighted by Crippen LogP contribution is 2.64. The molecule has 4 aliphatic rings. The van der Waals surface area contributed by atoms with Crippen molar-refractivity contribution in [2.45, 2.75) is 120 Å². The van der Waals surface area contributed by atoms with Crippen molar-refractivity contribution >= 4 is 29.6 Å². The molecular formula is C50H59NO18.